The Bertz CT molecular complexity index is 2500. The summed E-state index contributed by atoms with van der Waals surface area (Å²) in [6.07, 6.45) is 26.0. The Hall–Kier alpha value is -6.12. The highest BCUT2D eigenvalue weighted by atomic mass is 16.7. The molecule has 0 radical (unpaired) electrons. The van der Waals surface area contributed by atoms with E-state index in [1.165, 1.54) is 51.4 Å². The lowest BCUT2D eigenvalue weighted by atomic mass is 9.55. The highest BCUT2D eigenvalue weighted by molar-refractivity contribution is 6.00. The molecule has 5 fully saturated rings. The first-order chi connectivity index (χ1) is 42.1. The summed E-state index contributed by atoms with van der Waals surface area (Å²) in [7, 11) is 0. The van der Waals surface area contributed by atoms with Crippen LogP contribution in [0.3, 0.4) is 0 Å². The lowest BCUT2D eigenvalue weighted by Crippen LogP contribution is -2.65. The van der Waals surface area contributed by atoms with E-state index < -0.39 is 35.6 Å². The molecule has 2 amide bonds. The van der Waals surface area contributed by atoms with Gasteiger partial charge in [-0.05, 0) is 199 Å². The molecule has 86 heavy (non-hydrogen) atoms. The smallest absolute Gasteiger partial charge is 0.329 e. The maximum Gasteiger partial charge on any atom is 0.329 e. The van der Waals surface area contributed by atoms with Crippen molar-refractivity contribution in [1.29, 1.82) is 0 Å². The van der Waals surface area contributed by atoms with E-state index in [9.17, 15) is 0 Å². The molecular weight excluding hydrogens is 1080 g/mol. The highest BCUT2D eigenvalue weighted by Crippen LogP contribution is 2.50. The van der Waals surface area contributed by atoms with Gasteiger partial charge in [-0.3, -0.25) is 9.59 Å². The molecule has 14 heteroatoms. The number of carbonyl (C=O) groups is 4. The fourth-order valence-corrected chi connectivity index (χ4v) is 13.7. The molecule has 468 valence electrons. The van der Waals surface area contributed by atoms with E-state index in [1.807, 2.05) is 125 Å². The Balaban J connectivity index is 1.03. The SMILES string of the molecule is CCCN(Cc1ccc(OC2CCCCC2)cc1)OC(=O)C1C(C(=O)ON(CCC)Cc2ccc(OC3CCCCC3)cc2)C(C(=O)N(CCC)Cc2ccc(OC3CCCCC3)cc2)C1C(=O)N(CCC)Cc1ccc(OC2CCCCC2)cc1. The Labute approximate surface area is 513 Å². The Morgan fingerprint density at radius 1 is 0.326 bits per heavy atom. The number of hydrogen-bond acceptors (Lipinski definition) is 12. The molecule has 0 N–H and O–H groups in total. The highest BCUT2D eigenvalue weighted by Gasteiger charge is 2.66. The third kappa shape index (κ3) is 18.5. The first-order valence-corrected chi connectivity index (χ1v) is 33.6. The van der Waals surface area contributed by atoms with E-state index in [0.717, 1.165) is 122 Å². The molecule has 0 aliphatic heterocycles. The minimum atomic E-state index is -1.35. The van der Waals surface area contributed by atoms with Gasteiger partial charge < -0.3 is 38.4 Å². The molecule has 4 atom stereocenters. The van der Waals surface area contributed by atoms with Crippen LogP contribution in [0.15, 0.2) is 97.1 Å². The minimum absolute atomic E-state index is 0.190. The molecule has 0 bridgehead atoms. The third-order valence-corrected chi connectivity index (χ3v) is 18.2. The molecular formula is C72H100N4O10. The van der Waals surface area contributed by atoms with Crippen molar-refractivity contribution < 1.29 is 47.8 Å². The second-order valence-electron chi connectivity index (χ2n) is 25.3. The minimum Gasteiger partial charge on any atom is -0.490 e. The van der Waals surface area contributed by atoms with Crippen LogP contribution in [0.4, 0.5) is 0 Å². The van der Waals surface area contributed by atoms with Gasteiger partial charge in [0, 0.05) is 39.3 Å². The fraction of sp³-hybridized carbons (Fsp3) is 0.611. The third-order valence-electron chi connectivity index (χ3n) is 18.2. The summed E-state index contributed by atoms with van der Waals surface area (Å²) in [6.45, 7) is 10.6. The van der Waals surface area contributed by atoms with Crippen molar-refractivity contribution >= 4 is 23.8 Å². The number of hydroxylamine groups is 4. The predicted octanol–water partition coefficient (Wildman–Crippen LogP) is 14.9. The normalized spacial score (nSPS) is 20.6. The van der Waals surface area contributed by atoms with Crippen LogP contribution in [0.1, 0.15) is 204 Å². The number of carbonyl (C=O) groups excluding carboxylic acids is 4. The Kier molecular flexibility index (Phi) is 24.9. The van der Waals surface area contributed by atoms with Gasteiger partial charge in [0.2, 0.25) is 11.8 Å². The van der Waals surface area contributed by atoms with Crippen LogP contribution in [0, 0.1) is 23.7 Å². The van der Waals surface area contributed by atoms with Crippen LogP contribution >= 0.6 is 0 Å². The molecule has 0 saturated heterocycles. The number of rotatable bonds is 30. The summed E-state index contributed by atoms with van der Waals surface area (Å²) in [4.78, 5) is 79.3. The first-order valence-electron chi connectivity index (χ1n) is 33.6. The van der Waals surface area contributed by atoms with Crippen LogP contribution in [-0.2, 0) is 55.0 Å². The molecule has 4 aromatic rings. The van der Waals surface area contributed by atoms with Gasteiger partial charge in [-0.25, -0.2) is 9.59 Å². The van der Waals surface area contributed by atoms with Crippen molar-refractivity contribution in [2.45, 2.75) is 232 Å². The molecule has 5 saturated carbocycles. The van der Waals surface area contributed by atoms with Crippen LogP contribution in [0.25, 0.3) is 0 Å². The monoisotopic (exact) mass is 1180 g/mol. The quantitative estimate of drug-likeness (QED) is 0.0460. The second-order valence-corrected chi connectivity index (χ2v) is 25.3. The molecule has 0 aromatic heterocycles. The van der Waals surface area contributed by atoms with Crippen molar-refractivity contribution in [2.24, 2.45) is 23.7 Å². The summed E-state index contributed by atoms with van der Waals surface area (Å²) in [5, 5.41) is 3.24. The maximum absolute atomic E-state index is 15.9. The molecule has 0 heterocycles. The first kappa shape index (κ1) is 64.4. The number of hydrogen-bond donors (Lipinski definition) is 0. The van der Waals surface area contributed by atoms with Crippen LogP contribution < -0.4 is 18.9 Å². The molecule has 4 unspecified atom stereocenters. The average Bonchev–Trinajstić information content (AvgIpc) is 0.801. The summed E-state index contributed by atoms with van der Waals surface area (Å²) in [6, 6.07) is 31.7. The number of amides is 2. The average molecular weight is 1180 g/mol. The molecule has 9 rings (SSSR count). The summed E-state index contributed by atoms with van der Waals surface area (Å²) in [5.41, 5.74) is 3.59. The summed E-state index contributed by atoms with van der Waals surface area (Å²) < 4.78 is 25.5. The molecule has 14 nitrogen and oxygen atoms in total. The van der Waals surface area contributed by atoms with Gasteiger partial charge in [-0.15, -0.1) is 10.1 Å². The van der Waals surface area contributed by atoms with E-state index in [0.29, 0.717) is 51.9 Å². The van der Waals surface area contributed by atoms with Gasteiger partial charge in [-0.2, -0.15) is 0 Å². The fourth-order valence-electron chi connectivity index (χ4n) is 13.7. The topological polar surface area (TPSA) is 137 Å². The van der Waals surface area contributed by atoms with Gasteiger partial charge in [-0.1, -0.05) is 102 Å². The lowest BCUT2D eigenvalue weighted by molar-refractivity contribution is -0.231. The van der Waals surface area contributed by atoms with E-state index in [-0.39, 0.29) is 62.4 Å². The van der Waals surface area contributed by atoms with Crippen molar-refractivity contribution in [3.05, 3.63) is 119 Å². The standard InChI is InChI=1S/C72H100N4O10/c1-5-45-73(49-53-29-37-61(38-30-53)81-57-21-13-9-14-22-57)69(77)65-66(70(78)74(46-6-2)50-54-31-39-62(40-32-54)82-58-23-15-10-16-24-58)68(72(80)86-76(48-8-4)52-56-35-43-64(44-36-56)84-60-27-19-12-20-28-60)67(65)71(79)85-75(47-7-3)51-55-33-41-63(42-34-55)83-59-25-17-11-18-26-59/h29-44,57-60,65-68H,5-28,45-52H2,1-4H3. The molecule has 5 aliphatic rings. The van der Waals surface area contributed by atoms with E-state index >= 15 is 19.2 Å². The van der Waals surface area contributed by atoms with Gasteiger partial charge in [0.15, 0.2) is 0 Å². The predicted molar refractivity (Wildman–Crippen MR) is 335 cm³/mol. The van der Waals surface area contributed by atoms with Crippen LogP contribution in [0.2, 0.25) is 0 Å². The van der Waals surface area contributed by atoms with Gasteiger partial charge in [0.1, 0.15) is 23.0 Å². The van der Waals surface area contributed by atoms with E-state index in [2.05, 4.69) is 0 Å². The number of nitrogens with zero attached hydrogens (tertiary/aromatic N) is 4. The number of benzene rings is 4. The zero-order valence-electron chi connectivity index (χ0n) is 52.4. The van der Waals surface area contributed by atoms with Crippen molar-refractivity contribution in [1.82, 2.24) is 19.9 Å². The van der Waals surface area contributed by atoms with E-state index in [4.69, 9.17) is 28.6 Å². The Morgan fingerprint density at radius 3 is 0.814 bits per heavy atom. The zero-order chi connectivity index (χ0) is 60.0. The zero-order valence-corrected chi connectivity index (χ0v) is 52.4. The van der Waals surface area contributed by atoms with Gasteiger partial charge in [0.05, 0.1) is 61.2 Å². The molecule has 0 spiro atoms. The maximum atomic E-state index is 15.9. The van der Waals surface area contributed by atoms with Crippen molar-refractivity contribution in [3.8, 4) is 23.0 Å². The van der Waals surface area contributed by atoms with Crippen molar-refractivity contribution in [2.75, 3.05) is 26.2 Å². The largest absolute Gasteiger partial charge is 0.490 e. The lowest BCUT2D eigenvalue weighted by Gasteiger charge is -2.49. The van der Waals surface area contributed by atoms with Crippen LogP contribution in [-0.4, -0.2) is 94.3 Å². The Morgan fingerprint density at radius 2 is 0.570 bits per heavy atom. The molecule has 5 aliphatic carbocycles. The van der Waals surface area contributed by atoms with Crippen molar-refractivity contribution in [3.63, 3.8) is 0 Å². The van der Waals surface area contributed by atoms with Gasteiger partial charge in [0.25, 0.3) is 0 Å². The van der Waals surface area contributed by atoms with Gasteiger partial charge >= 0.3 is 11.9 Å². The van der Waals surface area contributed by atoms with Crippen LogP contribution in [0.5, 0.6) is 23.0 Å². The van der Waals surface area contributed by atoms with E-state index in [1.54, 1.807) is 19.9 Å². The molecule has 4 aromatic carbocycles. The summed E-state index contributed by atoms with van der Waals surface area (Å²) in [5.74, 6) is -4.21. The second kappa shape index (κ2) is 33.3. The number of ether oxygens (including phenoxy) is 4. The summed E-state index contributed by atoms with van der Waals surface area (Å²) >= 11 is 0.